The number of hydrogen-bond donors (Lipinski definition) is 2. The Morgan fingerprint density at radius 2 is 2.04 bits per heavy atom. The van der Waals surface area contributed by atoms with Gasteiger partial charge < -0.3 is 10.3 Å². The van der Waals surface area contributed by atoms with Gasteiger partial charge in [0, 0.05) is 30.8 Å². The molecular formula is C23H32N4O. The molecule has 1 aliphatic heterocycles. The molecule has 150 valence electrons. The summed E-state index contributed by atoms with van der Waals surface area (Å²) in [6.07, 6.45) is 6.71. The third-order valence-corrected chi connectivity index (χ3v) is 6.36. The molecule has 1 fully saturated rings. The number of likely N-dealkylation sites (tertiary alicyclic amines) is 1. The fraction of sp³-hybridized carbons (Fsp3) is 0.565. The molecule has 28 heavy (non-hydrogen) atoms. The summed E-state index contributed by atoms with van der Waals surface area (Å²) in [6.45, 7) is 8.11. The molecule has 2 heterocycles. The molecule has 1 aliphatic carbocycles. The lowest BCUT2D eigenvalue weighted by Gasteiger charge is -2.31. The van der Waals surface area contributed by atoms with Gasteiger partial charge in [-0.25, -0.2) is 4.98 Å². The highest BCUT2D eigenvalue weighted by atomic mass is 16.1. The highest BCUT2D eigenvalue weighted by Crippen LogP contribution is 2.23. The first kappa shape index (κ1) is 19.2. The van der Waals surface area contributed by atoms with E-state index in [1.165, 1.54) is 28.9 Å². The van der Waals surface area contributed by atoms with Gasteiger partial charge in [-0.05, 0) is 81.3 Å². The van der Waals surface area contributed by atoms with E-state index >= 15 is 0 Å². The lowest BCUT2D eigenvalue weighted by molar-refractivity contribution is 0.0935. The fourth-order valence-corrected chi connectivity index (χ4v) is 4.50. The predicted molar refractivity (Wildman–Crippen MR) is 112 cm³/mol. The van der Waals surface area contributed by atoms with Gasteiger partial charge in [0.2, 0.25) is 0 Å². The third kappa shape index (κ3) is 4.30. The van der Waals surface area contributed by atoms with E-state index in [1.54, 1.807) is 0 Å². The molecule has 5 nitrogen and oxygen atoms in total. The summed E-state index contributed by atoms with van der Waals surface area (Å²) in [7, 11) is 0. The summed E-state index contributed by atoms with van der Waals surface area (Å²) in [5.41, 5.74) is 5.97. The number of aromatic amines is 1. The average molecular weight is 381 g/mol. The van der Waals surface area contributed by atoms with Crippen LogP contribution in [0.25, 0.3) is 0 Å². The number of benzene rings is 1. The summed E-state index contributed by atoms with van der Waals surface area (Å²) < 4.78 is 0. The second-order valence-electron chi connectivity index (χ2n) is 8.38. The smallest absolute Gasteiger partial charge is 0.251 e. The number of H-pyrrole nitrogens is 1. The SMILES string of the molecule is CCc1nc(CN2CCC(CNC(=O)c3ccc4c(c3)CCC4)CC2)c(C)[nH]1. The van der Waals surface area contributed by atoms with Crippen LogP contribution in [0.2, 0.25) is 0 Å². The minimum absolute atomic E-state index is 0.0800. The molecule has 1 aromatic carbocycles. The lowest BCUT2D eigenvalue weighted by atomic mass is 9.96. The number of hydrogen-bond acceptors (Lipinski definition) is 3. The minimum Gasteiger partial charge on any atom is -0.352 e. The van der Waals surface area contributed by atoms with Gasteiger partial charge in [-0.2, -0.15) is 0 Å². The van der Waals surface area contributed by atoms with E-state index in [0.29, 0.717) is 5.92 Å². The van der Waals surface area contributed by atoms with Crippen molar-refractivity contribution in [3.05, 3.63) is 52.1 Å². The van der Waals surface area contributed by atoms with Crippen LogP contribution in [-0.4, -0.2) is 40.4 Å². The van der Waals surface area contributed by atoms with E-state index in [2.05, 4.69) is 41.2 Å². The van der Waals surface area contributed by atoms with Gasteiger partial charge >= 0.3 is 0 Å². The van der Waals surface area contributed by atoms with E-state index in [4.69, 9.17) is 4.98 Å². The van der Waals surface area contributed by atoms with Crippen LogP contribution in [-0.2, 0) is 25.8 Å². The monoisotopic (exact) mass is 380 g/mol. The summed E-state index contributed by atoms with van der Waals surface area (Å²) in [5.74, 6) is 1.73. The Hall–Kier alpha value is -2.14. The Kier molecular flexibility index (Phi) is 5.81. The van der Waals surface area contributed by atoms with Gasteiger partial charge in [-0.1, -0.05) is 13.0 Å². The Morgan fingerprint density at radius 1 is 1.25 bits per heavy atom. The number of imidazole rings is 1. The summed E-state index contributed by atoms with van der Waals surface area (Å²) in [4.78, 5) is 23.1. The van der Waals surface area contributed by atoms with Gasteiger partial charge in [0.25, 0.3) is 5.91 Å². The first-order valence-electron chi connectivity index (χ1n) is 10.8. The zero-order valence-electron chi connectivity index (χ0n) is 17.2. The number of rotatable bonds is 6. The molecule has 4 rings (SSSR count). The lowest BCUT2D eigenvalue weighted by Crippen LogP contribution is -2.38. The molecule has 0 unspecified atom stereocenters. The maximum Gasteiger partial charge on any atom is 0.251 e. The zero-order valence-corrected chi connectivity index (χ0v) is 17.2. The number of amides is 1. The number of aromatic nitrogens is 2. The van der Waals surface area contributed by atoms with Gasteiger partial charge in [0.15, 0.2) is 0 Å². The molecule has 1 aromatic heterocycles. The molecule has 1 amide bonds. The van der Waals surface area contributed by atoms with Crippen molar-refractivity contribution in [3.8, 4) is 0 Å². The Morgan fingerprint density at radius 3 is 2.79 bits per heavy atom. The molecule has 1 saturated heterocycles. The number of carbonyl (C=O) groups excluding carboxylic acids is 1. The fourth-order valence-electron chi connectivity index (χ4n) is 4.50. The van der Waals surface area contributed by atoms with Gasteiger partial charge in [-0.3, -0.25) is 9.69 Å². The molecule has 2 aliphatic rings. The molecular weight excluding hydrogens is 348 g/mol. The molecule has 0 bridgehead atoms. The Bertz CT molecular complexity index is 833. The van der Waals surface area contributed by atoms with E-state index in [1.807, 2.05) is 6.07 Å². The molecule has 2 N–H and O–H groups in total. The second kappa shape index (κ2) is 8.48. The van der Waals surface area contributed by atoms with Crippen molar-refractivity contribution in [2.24, 2.45) is 5.92 Å². The van der Waals surface area contributed by atoms with Crippen molar-refractivity contribution in [1.82, 2.24) is 20.2 Å². The van der Waals surface area contributed by atoms with Crippen molar-refractivity contribution in [2.45, 2.75) is 58.9 Å². The average Bonchev–Trinajstić information content (AvgIpc) is 3.33. The van der Waals surface area contributed by atoms with Crippen molar-refractivity contribution in [1.29, 1.82) is 0 Å². The summed E-state index contributed by atoms with van der Waals surface area (Å²) in [6, 6.07) is 6.21. The van der Waals surface area contributed by atoms with Crippen LogP contribution in [0, 0.1) is 12.8 Å². The zero-order chi connectivity index (χ0) is 19.5. The standard InChI is InChI=1S/C23H32N4O/c1-3-22-25-16(2)21(26-22)15-27-11-9-17(10-12-27)14-24-23(28)20-8-7-18-5-4-6-19(18)13-20/h7-8,13,17H,3-6,9-12,14-15H2,1-2H3,(H,24,28)(H,25,26). The van der Waals surface area contributed by atoms with Crippen LogP contribution in [0.15, 0.2) is 18.2 Å². The molecule has 0 spiro atoms. The summed E-state index contributed by atoms with van der Waals surface area (Å²) >= 11 is 0. The van der Waals surface area contributed by atoms with Crippen LogP contribution < -0.4 is 5.32 Å². The predicted octanol–water partition coefficient (Wildman–Crippen LogP) is 3.41. The highest BCUT2D eigenvalue weighted by Gasteiger charge is 2.22. The molecule has 0 atom stereocenters. The van der Waals surface area contributed by atoms with E-state index in [0.717, 1.165) is 69.7 Å². The van der Waals surface area contributed by atoms with Crippen LogP contribution >= 0.6 is 0 Å². The third-order valence-electron chi connectivity index (χ3n) is 6.36. The number of piperidine rings is 1. The van der Waals surface area contributed by atoms with E-state index in [-0.39, 0.29) is 5.91 Å². The largest absolute Gasteiger partial charge is 0.352 e. The second-order valence-corrected chi connectivity index (χ2v) is 8.38. The van der Waals surface area contributed by atoms with Crippen LogP contribution in [0.3, 0.4) is 0 Å². The minimum atomic E-state index is 0.0800. The van der Waals surface area contributed by atoms with Crippen LogP contribution in [0.4, 0.5) is 0 Å². The first-order chi connectivity index (χ1) is 13.6. The Labute approximate surface area is 167 Å². The number of nitrogens with zero attached hydrogens (tertiary/aromatic N) is 2. The quantitative estimate of drug-likeness (QED) is 0.807. The number of fused-ring (bicyclic) bond motifs is 1. The highest BCUT2D eigenvalue weighted by molar-refractivity contribution is 5.94. The topological polar surface area (TPSA) is 61.0 Å². The van der Waals surface area contributed by atoms with Gasteiger partial charge in [0.1, 0.15) is 5.82 Å². The van der Waals surface area contributed by atoms with Crippen LogP contribution in [0.5, 0.6) is 0 Å². The van der Waals surface area contributed by atoms with Gasteiger partial charge in [-0.15, -0.1) is 0 Å². The molecule has 0 saturated carbocycles. The number of aryl methyl sites for hydroxylation is 4. The first-order valence-corrected chi connectivity index (χ1v) is 10.8. The number of carbonyl (C=O) groups is 1. The maximum absolute atomic E-state index is 12.5. The summed E-state index contributed by atoms with van der Waals surface area (Å²) in [5, 5.41) is 3.17. The number of nitrogens with one attached hydrogen (secondary N) is 2. The van der Waals surface area contributed by atoms with Crippen molar-refractivity contribution >= 4 is 5.91 Å². The molecule has 0 radical (unpaired) electrons. The van der Waals surface area contributed by atoms with Gasteiger partial charge in [0.05, 0.1) is 5.69 Å². The van der Waals surface area contributed by atoms with Crippen molar-refractivity contribution in [2.75, 3.05) is 19.6 Å². The van der Waals surface area contributed by atoms with E-state index in [9.17, 15) is 4.79 Å². The Balaban J connectivity index is 1.23. The maximum atomic E-state index is 12.5. The van der Waals surface area contributed by atoms with Crippen molar-refractivity contribution < 1.29 is 4.79 Å². The van der Waals surface area contributed by atoms with Crippen LogP contribution in [0.1, 0.15) is 64.9 Å². The van der Waals surface area contributed by atoms with Crippen molar-refractivity contribution in [3.63, 3.8) is 0 Å². The van der Waals surface area contributed by atoms with E-state index < -0.39 is 0 Å². The molecule has 5 heteroatoms. The molecule has 2 aromatic rings. The normalized spacial score (nSPS) is 17.6.